The zero-order valence-corrected chi connectivity index (χ0v) is 16.0. The predicted octanol–water partition coefficient (Wildman–Crippen LogP) is 3.89. The maximum absolute atomic E-state index is 12.6. The van der Waals surface area contributed by atoms with Crippen LogP contribution in [0.5, 0.6) is 5.75 Å². The van der Waals surface area contributed by atoms with Gasteiger partial charge < -0.3 is 4.74 Å². The first kappa shape index (κ1) is 18.4. The summed E-state index contributed by atoms with van der Waals surface area (Å²) in [6.07, 6.45) is 1.62. The first-order valence-electron chi connectivity index (χ1n) is 7.47. The second-order valence-corrected chi connectivity index (χ2v) is 7.24. The van der Waals surface area contributed by atoms with E-state index in [1.54, 1.807) is 54.6 Å². The van der Waals surface area contributed by atoms with Crippen molar-refractivity contribution in [3.63, 3.8) is 0 Å². The Kier molecular flexibility index (Phi) is 5.61. The fourth-order valence-corrected chi connectivity index (χ4v) is 3.69. The van der Waals surface area contributed by atoms with Gasteiger partial charge in [-0.15, -0.1) is 0 Å². The lowest BCUT2D eigenvalue weighted by Crippen LogP contribution is -2.44. The largest absolute Gasteiger partial charge is 0.495 e. The Labute approximate surface area is 164 Å². The lowest BCUT2D eigenvalue weighted by Gasteiger charge is -2.15. The highest BCUT2D eigenvalue weighted by atomic mass is 35.5. The molecule has 132 valence electrons. The molecule has 0 radical (unpaired) electrons. The van der Waals surface area contributed by atoms with E-state index in [1.807, 2.05) is 0 Å². The summed E-state index contributed by atoms with van der Waals surface area (Å²) in [4.78, 5) is 25.2. The number of thiocarbonyl (C=S) groups is 1. The summed E-state index contributed by atoms with van der Waals surface area (Å²) in [6.45, 7) is 0. The number of halogens is 1. The molecule has 1 saturated heterocycles. The van der Waals surface area contributed by atoms with E-state index >= 15 is 0 Å². The molecule has 26 heavy (non-hydrogen) atoms. The van der Waals surface area contributed by atoms with Crippen molar-refractivity contribution in [3.05, 3.63) is 69.6 Å². The number of ether oxygens (including phenoxy) is 1. The Hall–Kier alpha value is -2.35. The maximum Gasteiger partial charge on any atom is 0.285 e. The second kappa shape index (κ2) is 7.90. The fraction of sp³-hybridized carbons (Fsp3) is 0.0556. The van der Waals surface area contributed by atoms with Crippen molar-refractivity contribution in [2.24, 2.45) is 0 Å². The van der Waals surface area contributed by atoms with Gasteiger partial charge in [-0.25, -0.2) is 0 Å². The van der Waals surface area contributed by atoms with Crippen LogP contribution in [-0.4, -0.2) is 28.3 Å². The number of methoxy groups -OCH3 is 1. The van der Waals surface area contributed by atoms with Crippen LogP contribution in [0.4, 0.5) is 0 Å². The van der Waals surface area contributed by atoms with E-state index in [9.17, 15) is 9.59 Å². The number of carbonyl (C=O) groups is 2. The number of hydrazine groups is 1. The van der Waals surface area contributed by atoms with Gasteiger partial charge in [0.1, 0.15) is 5.75 Å². The third-order valence-corrected chi connectivity index (χ3v) is 5.25. The summed E-state index contributed by atoms with van der Waals surface area (Å²) in [5.74, 6) is -0.320. The van der Waals surface area contributed by atoms with Gasteiger partial charge in [-0.05, 0) is 42.1 Å². The van der Waals surface area contributed by atoms with Gasteiger partial charge in [-0.3, -0.25) is 15.0 Å². The third kappa shape index (κ3) is 3.75. The van der Waals surface area contributed by atoms with Gasteiger partial charge >= 0.3 is 0 Å². The Morgan fingerprint density at radius 1 is 1.23 bits per heavy atom. The van der Waals surface area contributed by atoms with Crippen LogP contribution in [0, 0.1) is 0 Å². The van der Waals surface area contributed by atoms with Crippen molar-refractivity contribution in [1.29, 1.82) is 0 Å². The van der Waals surface area contributed by atoms with Crippen LogP contribution < -0.4 is 10.2 Å². The van der Waals surface area contributed by atoms with Gasteiger partial charge in [0.15, 0.2) is 4.32 Å². The van der Waals surface area contributed by atoms with E-state index in [2.05, 4.69) is 5.43 Å². The van der Waals surface area contributed by atoms with Crippen LogP contribution in [0.15, 0.2) is 53.4 Å². The monoisotopic (exact) mass is 404 g/mol. The Morgan fingerprint density at radius 3 is 2.65 bits per heavy atom. The molecule has 1 fully saturated rings. The molecule has 1 aliphatic heterocycles. The standard InChI is InChI=1S/C18H13ClN2O3S2/c1-24-13-9-5-8-12(15(13)19)10-14-17(23)21(18(25)26-14)20-16(22)11-6-3-2-4-7-11/h2-10H,1H3,(H,20,22)/b14-10+. The quantitative estimate of drug-likeness (QED) is 0.618. The number of amides is 2. The van der Waals surface area contributed by atoms with Gasteiger partial charge in [0.05, 0.1) is 17.0 Å². The average Bonchev–Trinajstić information content (AvgIpc) is 2.91. The number of nitrogens with one attached hydrogen (secondary N) is 1. The molecule has 0 saturated carbocycles. The fourth-order valence-electron chi connectivity index (χ4n) is 2.26. The summed E-state index contributed by atoms with van der Waals surface area (Å²) in [5, 5.41) is 1.46. The molecule has 5 nitrogen and oxygen atoms in total. The lowest BCUT2D eigenvalue weighted by atomic mass is 10.2. The SMILES string of the molecule is COc1cccc(/C=C2/SC(=S)N(NC(=O)c3ccccc3)C2=O)c1Cl. The number of hydrogen-bond acceptors (Lipinski definition) is 5. The molecule has 0 atom stereocenters. The van der Waals surface area contributed by atoms with E-state index in [4.69, 9.17) is 28.6 Å². The number of thioether (sulfide) groups is 1. The number of rotatable bonds is 4. The van der Waals surface area contributed by atoms with Crippen LogP contribution in [0.2, 0.25) is 5.02 Å². The average molecular weight is 405 g/mol. The highest BCUT2D eigenvalue weighted by Crippen LogP contribution is 2.35. The van der Waals surface area contributed by atoms with Crippen molar-refractivity contribution in [2.45, 2.75) is 0 Å². The third-order valence-electron chi connectivity index (χ3n) is 3.54. The topological polar surface area (TPSA) is 58.6 Å². The number of carbonyl (C=O) groups excluding carboxylic acids is 2. The van der Waals surface area contributed by atoms with Gasteiger partial charge in [0.25, 0.3) is 11.8 Å². The minimum absolute atomic E-state index is 0.240. The minimum atomic E-state index is -0.414. The summed E-state index contributed by atoms with van der Waals surface area (Å²) in [6, 6.07) is 13.8. The van der Waals surface area contributed by atoms with Gasteiger partial charge in [-0.1, -0.05) is 53.7 Å². The van der Waals surface area contributed by atoms with E-state index in [-0.39, 0.29) is 4.32 Å². The second-order valence-electron chi connectivity index (χ2n) is 5.19. The van der Waals surface area contributed by atoms with Gasteiger partial charge in [0, 0.05) is 5.56 Å². The zero-order chi connectivity index (χ0) is 18.7. The van der Waals surface area contributed by atoms with E-state index in [0.717, 1.165) is 16.8 Å². The zero-order valence-electron chi connectivity index (χ0n) is 13.6. The van der Waals surface area contributed by atoms with Crippen molar-refractivity contribution in [1.82, 2.24) is 10.4 Å². The number of nitrogens with zero attached hydrogens (tertiary/aromatic N) is 1. The van der Waals surface area contributed by atoms with Crippen LogP contribution in [-0.2, 0) is 4.79 Å². The Morgan fingerprint density at radius 2 is 1.96 bits per heavy atom. The first-order chi connectivity index (χ1) is 12.5. The van der Waals surface area contributed by atoms with Gasteiger partial charge in [-0.2, -0.15) is 5.01 Å². The van der Waals surface area contributed by atoms with Crippen molar-refractivity contribution in [3.8, 4) is 5.75 Å². The van der Waals surface area contributed by atoms with Gasteiger partial charge in [0.2, 0.25) is 0 Å². The van der Waals surface area contributed by atoms with E-state index in [1.165, 1.54) is 7.11 Å². The lowest BCUT2D eigenvalue weighted by molar-refractivity contribution is -0.123. The molecule has 0 bridgehead atoms. The molecule has 0 aromatic heterocycles. The normalized spacial score (nSPS) is 15.5. The molecule has 3 rings (SSSR count). The molecule has 0 unspecified atom stereocenters. The molecule has 1 aliphatic rings. The highest BCUT2D eigenvalue weighted by molar-refractivity contribution is 8.26. The van der Waals surface area contributed by atoms with E-state index in [0.29, 0.717) is 26.8 Å². The summed E-state index contributed by atoms with van der Waals surface area (Å²) < 4.78 is 5.42. The summed E-state index contributed by atoms with van der Waals surface area (Å²) >= 11 is 12.6. The molecular weight excluding hydrogens is 392 g/mol. The minimum Gasteiger partial charge on any atom is -0.495 e. The summed E-state index contributed by atoms with van der Waals surface area (Å²) in [7, 11) is 1.52. The molecule has 1 heterocycles. The molecule has 2 amide bonds. The molecule has 0 spiro atoms. The van der Waals surface area contributed by atoms with Crippen molar-refractivity contribution in [2.75, 3.05) is 7.11 Å². The van der Waals surface area contributed by atoms with Crippen LogP contribution in [0.3, 0.4) is 0 Å². The predicted molar refractivity (Wildman–Crippen MR) is 107 cm³/mol. The molecular formula is C18H13ClN2O3S2. The Balaban J connectivity index is 1.82. The van der Waals surface area contributed by atoms with Crippen molar-refractivity contribution < 1.29 is 14.3 Å². The van der Waals surface area contributed by atoms with Crippen LogP contribution >= 0.6 is 35.6 Å². The highest BCUT2D eigenvalue weighted by Gasteiger charge is 2.34. The Bertz CT molecular complexity index is 916. The molecule has 0 aliphatic carbocycles. The smallest absolute Gasteiger partial charge is 0.285 e. The molecule has 2 aromatic carbocycles. The van der Waals surface area contributed by atoms with Crippen LogP contribution in [0.1, 0.15) is 15.9 Å². The molecule has 2 aromatic rings. The number of benzene rings is 2. The van der Waals surface area contributed by atoms with Crippen LogP contribution in [0.25, 0.3) is 6.08 Å². The molecule has 8 heteroatoms. The molecule has 1 N–H and O–H groups in total. The van der Waals surface area contributed by atoms with Crippen molar-refractivity contribution >= 4 is 57.8 Å². The maximum atomic E-state index is 12.6. The summed E-state index contributed by atoms with van der Waals surface area (Å²) in [5.41, 5.74) is 3.59. The first-order valence-corrected chi connectivity index (χ1v) is 9.08. The van der Waals surface area contributed by atoms with E-state index < -0.39 is 11.8 Å². The number of hydrogen-bond donors (Lipinski definition) is 1.